The summed E-state index contributed by atoms with van der Waals surface area (Å²) in [6.45, 7) is 14.0. The van der Waals surface area contributed by atoms with E-state index in [0.29, 0.717) is 28.0 Å². The van der Waals surface area contributed by atoms with Gasteiger partial charge < -0.3 is 9.84 Å². The van der Waals surface area contributed by atoms with Crippen LogP contribution in [0.1, 0.15) is 70.0 Å². The number of ether oxygens (including phenoxy) is 1. The Bertz CT molecular complexity index is 1450. The predicted molar refractivity (Wildman–Crippen MR) is 153 cm³/mol. The molecule has 1 fully saturated rings. The first-order chi connectivity index (χ1) is 17.9. The fraction of sp³-hybridized carbons (Fsp3) is 0.323. The highest BCUT2D eigenvalue weighted by Gasteiger charge is 2.40. The Kier molecular flexibility index (Phi) is 8.87. The summed E-state index contributed by atoms with van der Waals surface area (Å²) in [5, 5.41) is 11.3. The van der Waals surface area contributed by atoms with Crippen molar-refractivity contribution in [3.05, 3.63) is 87.7 Å². The van der Waals surface area contributed by atoms with Gasteiger partial charge in [0.25, 0.3) is 5.56 Å². The van der Waals surface area contributed by atoms with Gasteiger partial charge in [-0.15, -0.1) is 0 Å². The van der Waals surface area contributed by atoms with E-state index in [4.69, 9.17) is 9.72 Å². The Balaban J connectivity index is 0.000000907. The molecule has 0 unspecified atom stereocenters. The van der Waals surface area contributed by atoms with E-state index in [0.717, 1.165) is 29.7 Å². The van der Waals surface area contributed by atoms with Gasteiger partial charge in [-0.05, 0) is 69.0 Å². The van der Waals surface area contributed by atoms with Crippen LogP contribution in [0.2, 0.25) is 0 Å². The SMILES string of the molecule is CC.CC.Cc1cccc(C)c1-n1c(/C=C/c2cccc(OC3(C)CC3)c2O)nc2cnccc2c1=O. The Morgan fingerprint density at radius 3 is 2.27 bits per heavy atom. The van der Waals surface area contributed by atoms with Gasteiger partial charge >= 0.3 is 0 Å². The van der Waals surface area contributed by atoms with Crippen LogP contribution in [0.15, 0.2) is 59.7 Å². The number of fused-ring (bicyclic) bond motifs is 1. The van der Waals surface area contributed by atoms with Gasteiger partial charge in [-0.25, -0.2) is 4.98 Å². The number of aromatic hydroxyl groups is 1. The second-order valence-corrected chi connectivity index (χ2v) is 8.82. The van der Waals surface area contributed by atoms with Gasteiger partial charge in [0, 0.05) is 11.8 Å². The summed E-state index contributed by atoms with van der Waals surface area (Å²) in [7, 11) is 0. The molecule has 0 atom stereocenters. The Morgan fingerprint density at radius 1 is 0.973 bits per heavy atom. The molecule has 2 aromatic heterocycles. The Labute approximate surface area is 219 Å². The molecule has 1 aliphatic carbocycles. The molecule has 0 radical (unpaired) electrons. The number of aryl methyl sites for hydroxylation is 2. The quantitative estimate of drug-likeness (QED) is 0.313. The van der Waals surface area contributed by atoms with Gasteiger partial charge in [-0.2, -0.15) is 0 Å². The molecule has 37 heavy (non-hydrogen) atoms. The molecule has 0 bridgehead atoms. The molecule has 1 saturated carbocycles. The summed E-state index contributed by atoms with van der Waals surface area (Å²) in [4.78, 5) is 22.4. The van der Waals surface area contributed by atoms with Gasteiger partial charge in [0.1, 0.15) is 11.4 Å². The standard InChI is InChI=1S/C27H25N3O3.2C2H6/c1-17-6-4-7-18(2)24(17)30-23(29-21-16-28-15-12-20(21)26(30)32)11-10-19-8-5-9-22(25(19)31)33-27(3)13-14-27;2*1-2/h4-12,15-16,31H,13-14H2,1-3H3;2*1-2H3/b11-10+;;. The number of para-hydroxylation sites is 2. The molecule has 0 amide bonds. The molecule has 1 N–H and O–H groups in total. The van der Waals surface area contributed by atoms with Crippen molar-refractivity contribution in [2.45, 2.75) is 66.9 Å². The van der Waals surface area contributed by atoms with Crippen LogP contribution < -0.4 is 10.3 Å². The minimum Gasteiger partial charge on any atom is -0.504 e. The maximum Gasteiger partial charge on any atom is 0.266 e. The summed E-state index contributed by atoms with van der Waals surface area (Å²) in [5.41, 5.74) is 3.49. The van der Waals surface area contributed by atoms with E-state index in [1.54, 1.807) is 47.3 Å². The summed E-state index contributed by atoms with van der Waals surface area (Å²) in [5.74, 6) is 0.989. The first-order valence-corrected chi connectivity index (χ1v) is 13.0. The topological polar surface area (TPSA) is 77.2 Å². The number of hydrogen-bond acceptors (Lipinski definition) is 5. The molecule has 0 saturated heterocycles. The lowest BCUT2D eigenvalue weighted by atomic mass is 10.1. The van der Waals surface area contributed by atoms with Crippen LogP contribution in [-0.2, 0) is 0 Å². The summed E-state index contributed by atoms with van der Waals surface area (Å²) in [6.07, 6.45) is 8.64. The van der Waals surface area contributed by atoms with Crippen LogP contribution in [-0.4, -0.2) is 25.2 Å². The maximum atomic E-state index is 13.5. The minimum absolute atomic E-state index is 0.0744. The number of hydrogen-bond donors (Lipinski definition) is 1. The van der Waals surface area contributed by atoms with Crippen molar-refractivity contribution >= 4 is 23.1 Å². The van der Waals surface area contributed by atoms with Gasteiger partial charge in [-0.3, -0.25) is 14.3 Å². The van der Waals surface area contributed by atoms with Crippen molar-refractivity contribution in [2.24, 2.45) is 0 Å². The fourth-order valence-electron chi connectivity index (χ4n) is 4.00. The molecular weight excluding hydrogens is 462 g/mol. The molecule has 194 valence electrons. The second kappa shape index (κ2) is 11.9. The molecule has 0 spiro atoms. The van der Waals surface area contributed by atoms with Crippen LogP contribution >= 0.6 is 0 Å². The van der Waals surface area contributed by atoms with Crippen molar-refractivity contribution in [3.8, 4) is 17.2 Å². The Hall–Kier alpha value is -3.93. The van der Waals surface area contributed by atoms with E-state index in [2.05, 4.69) is 4.98 Å². The van der Waals surface area contributed by atoms with E-state index in [-0.39, 0.29) is 16.9 Å². The zero-order valence-electron chi connectivity index (χ0n) is 22.9. The molecular formula is C31H37N3O3. The Morgan fingerprint density at radius 2 is 1.62 bits per heavy atom. The summed E-state index contributed by atoms with van der Waals surface area (Å²) < 4.78 is 7.61. The molecule has 6 heteroatoms. The number of aromatic nitrogens is 3. The number of phenols is 1. The summed E-state index contributed by atoms with van der Waals surface area (Å²) >= 11 is 0. The molecule has 2 heterocycles. The van der Waals surface area contributed by atoms with Crippen LogP contribution in [0.3, 0.4) is 0 Å². The zero-order valence-corrected chi connectivity index (χ0v) is 22.9. The van der Waals surface area contributed by atoms with Crippen molar-refractivity contribution < 1.29 is 9.84 Å². The average Bonchev–Trinajstić information content (AvgIpc) is 3.64. The molecule has 0 aliphatic heterocycles. The predicted octanol–water partition coefficient (Wildman–Crippen LogP) is 7.26. The highest BCUT2D eigenvalue weighted by atomic mass is 16.5. The number of pyridine rings is 1. The summed E-state index contributed by atoms with van der Waals surface area (Å²) in [6, 6.07) is 13.0. The van der Waals surface area contributed by atoms with Crippen molar-refractivity contribution in [3.63, 3.8) is 0 Å². The van der Waals surface area contributed by atoms with E-state index in [1.165, 1.54) is 0 Å². The van der Waals surface area contributed by atoms with Gasteiger partial charge in [0.05, 0.1) is 22.8 Å². The molecule has 6 nitrogen and oxygen atoms in total. The minimum atomic E-state index is -0.199. The van der Waals surface area contributed by atoms with Gasteiger partial charge in [0.15, 0.2) is 11.5 Å². The molecule has 1 aliphatic rings. The smallest absolute Gasteiger partial charge is 0.266 e. The second-order valence-electron chi connectivity index (χ2n) is 8.82. The largest absolute Gasteiger partial charge is 0.504 e. The van der Waals surface area contributed by atoms with Crippen LogP contribution in [0, 0.1) is 13.8 Å². The van der Waals surface area contributed by atoms with E-state index in [1.807, 2.05) is 72.7 Å². The van der Waals surface area contributed by atoms with Crippen molar-refractivity contribution in [1.82, 2.24) is 14.5 Å². The number of nitrogens with zero attached hydrogens (tertiary/aromatic N) is 3. The number of phenolic OH excluding ortho intramolecular Hbond substituents is 1. The lowest BCUT2D eigenvalue weighted by Gasteiger charge is -2.16. The third-order valence-electron chi connectivity index (χ3n) is 6.11. The normalized spacial score (nSPS) is 13.4. The first-order valence-electron chi connectivity index (χ1n) is 13.0. The molecule has 4 aromatic rings. The average molecular weight is 500 g/mol. The van der Waals surface area contributed by atoms with E-state index < -0.39 is 0 Å². The van der Waals surface area contributed by atoms with Crippen molar-refractivity contribution in [2.75, 3.05) is 0 Å². The number of rotatable bonds is 5. The zero-order chi connectivity index (χ0) is 27.2. The third kappa shape index (κ3) is 5.91. The van der Waals surface area contributed by atoms with E-state index >= 15 is 0 Å². The monoisotopic (exact) mass is 499 g/mol. The highest BCUT2D eigenvalue weighted by molar-refractivity contribution is 5.80. The van der Waals surface area contributed by atoms with Gasteiger partial charge in [0.2, 0.25) is 0 Å². The van der Waals surface area contributed by atoms with Gasteiger partial charge in [-0.1, -0.05) is 58.0 Å². The fourth-order valence-corrected chi connectivity index (χ4v) is 4.00. The van der Waals surface area contributed by atoms with E-state index in [9.17, 15) is 9.90 Å². The molecule has 5 rings (SSSR count). The van der Waals surface area contributed by atoms with Crippen molar-refractivity contribution in [1.29, 1.82) is 0 Å². The van der Waals surface area contributed by atoms with Crippen LogP contribution in [0.4, 0.5) is 0 Å². The first kappa shape index (κ1) is 27.7. The number of benzene rings is 2. The maximum absolute atomic E-state index is 13.5. The lowest BCUT2D eigenvalue weighted by Crippen LogP contribution is -2.24. The third-order valence-corrected chi connectivity index (χ3v) is 6.11. The van der Waals surface area contributed by atoms with Crippen LogP contribution in [0.25, 0.3) is 28.7 Å². The van der Waals surface area contributed by atoms with Crippen LogP contribution in [0.5, 0.6) is 11.5 Å². The molecule has 2 aromatic carbocycles. The lowest BCUT2D eigenvalue weighted by molar-refractivity contribution is 0.192. The highest BCUT2D eigenvalue weighted by Crippen LogP contribution is 2.43.